The van der Waals surface area contributed by atoms with Crippen molar-refractivity contribution in [2.45, 2.75) is 18.7 Å². The molecule has 0 saturated heterocycles. The number of sulfonamides is 1. The largest absolute Gasteiger partial charge is 0.396 e. The summed E-state index contributed by atoms with van der Waals surface area (Å²) in [5, 5.41) is 0.284. The van der Waals surface area contributed by atoms with E-state index < -0.39 is 10.0 Å². The van der Waals surface area contributed by atoms with E-state index in [1.807, 2.05) is 0 Å². The van der Waals surface area contributed by atoms with Crippen LogP contribution in [0.3, 0.4) is 0 Å². The number of nitrogens with zero attached hydrogens (tertiary/aromatic N) is 1. The molecule has 96 valence electrons. The van der Waals surface area contributed by atoms with Gasteiger partial charge >= 0.3 is 0 Å². The highest BCUT2D eigenvalue weighted by atomic mass is 35.5. The molecular weight excluding hydrogens is 283 g/mol. The molecule has 4 nitrogen and oxygen atoms in total. The van der Waals surface area contributed by atoms with E-state index in [9.17, 15) is 8.42 Å². The van der Waals surface area contributed by atoms with Crippen LogP contribution in [-0.4, -0.2) is 25.8 Å². The molecule has 0 heterocycles. The molecular formula is C10H14Cl2N2O2S. The van der Waals surface area contributed by atoms with Crippen molar-refractivity contribution in [1.82, 2.24) is 4.31 Å². The average Bonchev–Trinajstić information content (AvgIpc) is 2.26. The Balaban J connectivity index is 3.34. The number of nitrogens with two attached hydrogens (primary N) is 1. The second kappa shape index (κ2) is 5.44. The standard InChI is InChI=1S/C10H14Cl2N2O2S/c1-3-14(4-2)17(15,16)7-5-8(11)10(13)9(12)6-7/h5-6H,3-4,13H2,1-2H3. The van der Waals surface area contributed by atoms with Crippen LogP contribution in [0.5, 0.6) is 0 Å². The normalized spacial score (nSPS) is 12.1. The molecule has 0 amide bonds. The van der Waals surface area contributed by atoms with Gasteiger partial charge in [-0.05, 0) is 12.1 Å². The van der Waals surface area contributed by atoms with Crippen LogP contribution in [0.25, 0.3) is 0 Å². The fourth-order valence-electron chi connectivity index (χ4n) is 1.42. The van der Waals surface area contributed by atoms with Gasteiger partial charge in [0.25, 0.3) is 0 Å². The predicted molar refractivity (Wildman–Crippen MR) is 71.0 cm³/mol. The lowest BCUT2D eigenvalue weighted by Crippen LogP contribution is -2.30. The molecule has 0 bridgehead atoms. The van der Waals surface area contributed by atoms with Crippen molar-refractivity contribution in [2.75, 3.05) is 18.8 Å². The minimum Gasteiger partial charge on any atom is -0.396 e. The second-order valence-corrected chi connectivity index (χ2v) is 6.14. The van der Waals surface area contributed by atoms with Crippen LogP contribution in [0.1, 0.15) is 13.8 Å². The van der Waals surface area contributed by atoms with Gasteiger partial charge in [-0.1, -0.05) is 37.0 Å². The van der Waals surface area contributed by atoms with Crippen LogP contribution >= 0.6 is 23.2 Å². The van der Waals surface area contributed by atoms with Crippen molar-refractivity contribution in [3.63, 3.8) is 0 Å². The molecule has 1 rings (SSSR count). The molecule has 0 fully saturated rings. The molecule has 0 atom stereocenters. The van der Waals surface area contributed by atoms with E-state index in [-0.39, 0.29) is 20.6 Å². The minimum absolute atomic E-state index is 0.0606. The second-order valence-electron chi connectivity index (χ2n) is 3.39. The Hall–Kier alpha value is -0.490. The molecule has 1 aromatic rings. The maximum Gasteiger partial charge on any atom is 0.243 e. The van der Waals surface area contributed by atoms with Crippen LogP contribution in [-0.2, 0) is 10.0 Å². The van der Waals surface area contributed by atoms with Gasteiger partial charge in [0.05, 0.1) is 20.6 Å². The van der Waals surface area contributed by atoms with Gasteiger partial charge in [-0.15, -0.1) is 0 Å². The number of halogens is 2. The van der Waals surface area contributed by atoms with Crippen molar-refractivity contribution in [3.05, 3.63) is 22.2 Å². The zero-order valence-corrected chi connectivity index (χ0v) is 11.9. The van der Waals surface area contributed by atoms with Crippen LogP contribution < -0.4 is 5.73 Å². The van der Waals surface area contributed by atoms with Gasteiger partial charge < -0.3 is 5.73 Å². The summed E-state index contributed by atoms with van der Waals surface area (Å²) in [5.41, 5.74) is 5.75. The van der Waals surface area contributed by atoms with Gasteiger partial charge in [0.2, 0.25) is 10.0 Å². The smallest absolute Gasteiger partial charge is 0.243 e. The Morgan fingerprint density at radius 3 is 1.94 bits per heavy atom. The van der Waals surface area contributed by atoms with E-state index >= 15 is 0 Å². The Morgan fingerprint density at radius 1 is 1.18 bits per heavy atom. The first kappa shape index (κ1) is 14.6. The van der Waals surface area contributed by atoms with Crippen LogP contribution in [0.15, 0.2) is 17.0 Å². The van der Waals surface area contributed by atoms with E-state index in [0.717, 1.165) is 0 Å². The first-order chi connectivity index (χ1) is 7.84. The van der Waals surface area contributed by atoms with Crippen molar-refractivity contribution >= 4 is 38.9 Å². The van der Waals surface area contributed by atoms with Crippen LogP contribution in [0, 0.1) is 0 Å². The Kier molecular flexibility index (Phi) is 4.66. The van der Waals surface area contributed by atoms with Crippen molar-refractivity contribution in [2.24, 2.45) is 0 Å². The summed E-state index contributed by atoms with van der Waals surface area (Å²) in [5.74, 6) is 0. The average molecular weight is 297 g/mol. The molecule has 17 heavy (non-hydrogen) atoms. The summed E-state index contributed by atoms with van der Waals surface area (Å²) < 4.78 is 25.7. The van der Waals surface area contributed by atoms with E-state index in [2.05, 4.69) is 0 Å². The van der Waals surface area contributed by atoms with Crippen molar-refractivity contribution in [3.8, 4) is 0 Å². The summed E-state index contributed by atoms with van der Waals surface area (Å²) in [6, 6.07) is 2.63. The van der Waals surface area contributed by atoms with Gasteiger partial charge in [-0.25, -0.2) is 8.42 Å². The third-order valence-electron chi connectivity index (χ3n) is 2.40. The van der Waals surface area contributed by atoms with Crippen LogP contribution in [0.4, 0.5) is 5.69 Å². The number of benzene rings is 1. The highest BCUT2D eigenvalue weighted by molar-refractivity contribution is 7.89. The van der Waals surface area contributed by atoms with Gasteiger partial charge in [0, 0.05) is 13.1 Å². The molecule has 1 aromatic carbocycles. The van der Waals surface area contributed by atoms with E-state index in [0.29, 0.717) is 13.1 Å². The van der Waals surface area contributed by atoms with Crippen LogP contribution in [0.2, 0.25) is 10.0 Å². The highest BCUT2D eigenvalue weighted by Crippen LogP contribution is 2.31. The molecule has 0 radical (unpaired) electrons. The Bertz CT molecular complexity index is 490. The zero-order valence-electron chi connectivity index (χ0n) is 9.57. The minimum atomic E-state index is -3.55. The lowest BCUT2D eigenvalue weighted by atomic mass is 10.3. The Labute approximate surface area is 111 Å². The fourth-order valence-corrected chi connectivity index (χ4v) is 3.55. The van der Waals surface area contributed by atoms with Gasteiger partial charge in [0.1, 0.15) is 0 Å². The number of anilines is 1. The quantitative estimate of drug-likeness (QED) is 0.869. The van der Waals surface area contributed by atoms with Gasteiger partial charge in [0.15, 0.2) is 0 Å². The summed E-state index contributed by atoms with van der Waals surface area (Å²) in [6.07, 6.45) is 0. The molecule has 0 aromatic heterocycles. The predicted octanol–water partition coefficient (Wildman–Crippen LogP) is 2.61. The number of hydrogen-bond donors (Lipinski definition) is 1. The SMILES string of the molecule is CCN(CC)S(=O)(=O)c1cc(Cl)c(N)c(Cl)c1. The summed E-state index contributed by atoms with van der Waals surface area (Å²) in [7, 11) is -3.55. The molecule has 0 unspecified atom stereocenters. The van der Waals surface area contributed by atoms with Gasteiger partial charge in [-0.3, -0.25) is 0 Å². The van der Waals surface area contributed by atoms with Gasteiger partial charge in [-0.2, -0.15) is 4.31 Å². The maximum atomic E-state index is 12.2. The van der Waals surface area contributed by atoms with E-state index in [1.54, 1.807) is 13.8 Å². The highest BCUT2D eigenvalue weighted by Gasteiger charge is 2.23. The topological polar surface area (TPSA) is 63.4 Å². The fraction of sp³-hybridized carbons (Fsp3) is 0.400. The third-order valence-corrected chi connectivity index (χ3v) is 5.05. The maximum absolute atomic E-state index is 12.2. The molecule has 0 aliphatic rings. The summed E-state index contributed by atoms with van der Waals surface area (Å²) in [4.78, 5) is 0.0606. The molecule has 7 heteroatoms. The number of hydrogen-bond acceptors (Lipinski definition) is 3. The summed E-state index contributed by atoms with van der Waals surface area (Å²) >= 11 is 11.6. The molecule has 0 aliphatic carbocycles. The Morgan fingerprint density at radius 2 is 1.59 bits per heavy atom. The summed E-state index contributed by atoms with van der Waals surface area (Å²) in [6.45, 7) is 4.31. The van der Waals surface area contributed by atoms with E-state index in [4.69, 9.17) is 28.9 Å². The molecule has 2 N–H and O–H groups in total. The number of nitrogen functional groups attached to an aromatic ring is 1. The van der Waals surface area contributed by atoms with Crippen molar-refractivity contribution in [1.29, 1.82) is 0 Å². The molecule has 0 saturated carbocycles. The third kappa shape index (κ3) is 2.85. The first-order valence-corrected chi connectivity index (χ1v) is 7.28. The van der Waals surface area contributed by atoms with E-state index in [1.165, 1.54) is 16.4 Å². The molecule has 0 aliphatic heterocycles. The van der Waals surface area contributed by atoms with Crippen molar-refractivity contribution < 1.29 is 8.42 Å². The number of rotatable bonds is 4. The molecule has 0 spiro atoms. The zero-order chi connectivity index (χ0) is 13.2. The lowest BCUT2D eigenvalue weighted by Gasteiger charge is -2.19. The lowest BCUT2D eigenvalue weighted by molar-refractivity contribution is 0.445. The monoisotopic (exact) mass is 296 g/mol. The first-order valence-electron chi connectivity index (χ1n) is 5.09.